The highest BCUT2D eigenvalue weighted by Crippen LogP contribution is 2.47. The predicted octanol–water partition coefficient (Wildman–Crippen LogP) is 3.58. The Morgan fingerprint density at radius 1 is 1.03 bits per heavy atom. The number of imidazole rings is 1. The molecular weight excluding hydrogens is 381 g/mol. The number of hydrogen-bond donors (Lipinski definition) is 1. The van der Waals surface area contributed by atoms with Crippen LogP contribution in [-0.4, -0.2) is 24.6 Å². The maximum atomic E-state index is 14.7. The Morgan fingerprint density at radius 3 is 2.50 bits per heavy atom. The molecule has 2 aromatic heterocycles. The third kappa shape index (κ3) is 2.78. The van der Waals surface area contributed by atoms with E-state index in [1.165, 1.54) is 12.4 Å². The van der Waals surface area contributed by atoms with E-state index in [2.05, 4.69) is 15.0 Å². The summed E-state index contributed by atoms with van der Waals surface area (Å²) in [6.45, 7) is 0. The second-order valence-corrected chi connectivity index (χ2v) is 7.32. The van der Waals surface area contributed by atoms with Crippen LogP contribution in [0.15, 0.2) is 73.7 Å². The van der Waals surface area contributed by atoms with Crippen LogP contribution in [0.3, 0.4) is 0 Å². The van der Waals surface area contributed by atoms with Crippen LogP contribution in [0.4, 0.5) is 4.39 Å². The summed E-state index contributed by atoms with van der Waals surface area (Å²) in [6.07, 6.45) is 8.41. The molecule has 1 aliphatic rings. The second kappa shape index (κ2) is 6.87. The van der Waals surface area contributed by atoms with Crippen molar-refractivity contribution in [3.05, 3.63) is 102 Å². The average molecular weight is 397 g/mol. The normalized spacial score (nSPS) is 20.0. The van der Waals surface area contributed by atoms with Crippen molar-refractivity contribution in [1.29, 1.82) is 5.26 Å². The van der Waals surface area contributed by atoms with Gasteiger partial charge in [0.1, 0.15) is 17.7 Å². The number of fused-ring (bicyclic) bond motifs is 1. The van der Waals surface area contributed by atoms with E-state index in [1.54, 1.807) is 41.6 Å². The highest BCUT2D eigenvalue weighted by Gasteiger charge is 2.45. The van der Waals surface area contributed by atoms with Gasteiger partial charge in [0.15, 0.2) is 0 Å². The first-order chi connectivity index (χ1) is 14.6. The molecule has 5 rings (SSSR count). The maximum absolute atomic E-state index is 14.7. The monoisotopic (exact) mass is 397 g/mol. The van der Waals surface area contributed by atoms with Crippen LogP contribution in [0.5, 0.6) is 0 Å². The molecule has 2 aromatic carbocycles. The van der Waals surface area contributed by atoms with Gasteiger partial charge in [-0.15, -0.1) is 0 Å². The summed E-state index contributed by atoms with van der Waals surface area (Å²) < 4.78 is 16.5. The minimum absolute atomic E-state index is 0.260. The van der Waals surface area contributed by atoms with E-state index < -0.39 is 17.5 Å². The van der Waals surface area contributed by atoms with Crippen molar-refractivity contribution in [3.8, 4) is 17.2 Å². The molecule has 3 heterocycles. The number of nitriles is 1. The largest absolute Gasteiger partial charge is 0.379 e. The Kier molecular flexibility index (Phi) is 4.16. The molecule has 0 fully saturated rings. The van der Waals surface area contributed by atoms with Gasteiger partial charge in [0.25, 0.3) is 0 Å². The van der Waals surface area contributed by atoms with E-state index in [0.717, 1.165) is 11.1 Å². The van der Waals surface area contributed by atoms with Crippen molar-refractivity contribution >= 4 is 0 Å². The first-order valence-corrected chi connectivity index (χ1v) is 9.40. The van der Waals surface area contributed by atoms with Crippen molar-refractivity contribution in [2.75, 3.05) is 0 Å². The summed E-state index contributed by atoms with van der Waals surface area (Å²) in [4.78, 5) is 12.2. The van der Waals surface area contributed by atoms with Crippen molar-refractivity contribution in [3.63, 3.8) is 0 Å². The second-order valence-electron chi connectivity index (χ2n) is 7.32. The lowest BCUT2D eigenvalue weighted by Crippen LogP contribution is -2.24. The Labute approximate surface area is 171 Å². The summed E-state index contributed by atoms with van der Waals surface area (Å²) in [5, 5.41) is 20.6. The number of rotatable bonds is 3. The lowest BCUT2D eigenvalue weighted by Gasteiger charge is -2.23. The van der Waals surface area contributed by atoms with E-state index in [9.17, 15) is 9.50 Å². The minimum Gasteiger partial charge on any atom is -0.379 e. The van der Waals surface area contributed by atoms with E-state index in [0.29, 0.717) is 16.8 Å². The first kappa shape index (κ1) is 18.2. The molecule has 0 aliphatic carbocycles. The number of nitrogens with zero attached hydrogens (tertiary/aromatic N) is 5. The van der Waals surface area contributed by atoms with Gasteiger partial charge in [-0.25, -0.2) is 19.3 Å². The number of aliphatic hydroxyl groups is 1. The molecule has 146 valence electrons. The lowest BCUT2D eigenvalue weighted by molar-refractivity contribution is 0.0792. The van der Waals surface area contributed by atoms with Gasteiger partial charge in [-0.1, -0.05) is 30.3 Å². The van der Waals surface area contributed by atoms with Crippen LogP contribution in [0, 0.1) is 17.1 Å². The van der Waals surface area contributed by atoms with Crippen LogP contribution in [-0.2, 0) is 5.60 Å². The Balaban J connectivity index is 1.53. The first-order valence-electron chi connectivity index (χ1n) is 9.40. The molecule has 0 saturated carbocycles. The van der Waals surface area contributed by atoms with Crippen LogP contribution < -0.4 is 0 Å². The number of aromatic nitrogens is 4. The van der Waals surface area contributed by atoms with Gasteiger partial charge in [0.05, 0.1) is 35.9 Å². The molecule has 1 aliphatic heterocycles. The van der Waals surface area contributed by atoms with Crippen molar-refractivity contribution in [2.45, 2.75) is 18.1 Å². The fourth-order valence-corrected chi connectivity index (χ4v) is 4.14. The molecule has 0 bridgehead atoms. The Hall–Kier alpha value is -3.89. The van der Waals surface area contributed by atoms with E-state index in [4.69, 9.17) is 5.26 Å². The van der Waals surface area contributed by atoms with Crippen molar-refractivity contribution in [1.82, 2.24) is 19.5 Å². The third-order valence-corrected chi connectivity index (χ3v) is 5.66. The molecule has 0 radical (unpaired) electrons. The SMILES string of the molecule is N#Cc1ccc(C2CC(O)(c3ccc(-c4cncnc4)cc3)c3cncn32)c(F)c1. The summed E-state index contributed by atoms with van der Waals surface area (Å²) >= 11 is 0. The molecule has 2 unspecified atom stereocenters. The molecule has 4 aromatic rings. The summed E-state index contributed by atoms with van der Waals surface area (Å²) in [5.74, 6) is -0.470. The van der Waals surface area contributed by atoms with Crippen molar-refractivity contribution < 1.29 is 9.50 Å². The maximum Gasteiger partial charge on any atom is 0.133 e. The van der Waals surface area contributed by atoms with Gasteiger partial charge in [-0.05, 0) is 23.3 Å². The van der Waals surface area contributed by atoms with E-state index in [1.807, 2.05) is 30.3 Å². The van der Waals surface area contributed by atoms with Gasteiger partial charge in [0.2, 0.25) is 0 Å². The molecular formula is C23H16FN5O. The summed E-state index contributed by atoms with van der Waals surface area (Å²) in [6, 6.07) is 13.5. The van der Waals surface area contributed by atoms with Crippen LogP contribution in [0.2, 0.25) is 0 Å². The predicted molar refractivity (Wildman–Crippen MR) is 107 cm³/mol. The van der Waals surface area contributed by atoms with E-state index >= 15 is 0 Å². The zero-order valence-electron chi connectivity index (χ0n) is 15.8. The van der Waals surface area contributed by atoms with Gasteiger partial charge in [-0.3, -0.25) is 0 Å². The van der Waals surface area contributed by atoms with E-state index in [-0.39, 0.29) is 12.0 Å². The fraction of sp³-hybridized carbons (Fsp3) is 0.130. The highest BCUT2D eigenvalue weighted by molar-refractivity contribution is 5.62. The number of halogens is 1. The lowest BCUT2D eigenvalue weighted by atomic mass is 9.86. The molecule has 1 N–H and O–H groups in total. The molecule has 2 atom stereocenters. The van der Waals surface area contributed by atoms with Gasteiger partial charge in [0, 0.05) is 29.9 Å². The number of benzene rings is 2. The molecule has 0 spiro atoms. The Morgan fingerprint density at radius 2 is 1.80 bits per heavy atom. The molecule has 6 nitrogen and oxygen atoms in total. The average Bonchev–Trinajstić information content (AvgIpc) is 3.38. The fourth-order valence-electron chi connectivity index (χ4n) is 4.14. The molecule has 7 heteroatoms. The summed E-state index contributed by atoms with van der Waals surface area (Å²) in [7, 11) is 0. The zero-order chi connectivity index (χ0) is 20.7. The topological polar surface area (TPSA) is 87.6 Å². The standard InChI is InChI=1S/C23H16FN5O/c24-20-7-15(9-25)1-6-19(20)21-8-23(30,22-12-28-14-29(21)22)18-4-2-16(3-5-18)17-10-26-13-27-11-17/h1-7,10-14,21,30H,8H2. The van der Waals surface area contributed by atoms with Crippen LogP contribution in [0.25, 0.3) is 11.1 Å². The van der Waals surface area contributed by atoms with Crippen LogP contribution >= 0.6 is 0 Å². The summed E-state index contributed by atoms with van der Waals surface area (Å²) in [5.41, 5.74) is 2.48. The zero-order valence-corrected chi connectivity index (χ0v) is 15.8. The molecule has 0 amide bonds. The van der Waals surface area contributed by atoms with Gasteiger partial charge >= 0.3 is 0 Å². The molecule has 30 heavy (non-hydrogen) atoms. The Bertz CT molecular complexity index is 1260. The molecule has 0 saturated heterocycles. The number of hydrogen-bond acceptors (Lipinski definition) is 5. The van der Waals surface area contributed by atoms with Gasteiger partial charge in [-0.2, -0.15) is 5.26 Å². The smallest absolute Gasteiger partial charge is 0.133 e. The highest BCUT2D eigenvalue weighted by atomic mass is 19.1. The quantitative estimate of drug-likeness (QED) is 0.571. The van der Waals surface area contributed by atoms with Crippen LogP contribution in [0.1, 0.15) is 34.8 Å². The third-order valence-electron chi connectivity index (χ3n) is 5.66. The van der Waals surface area contributed by atoms with Gasteiger partial charge < -0.3 is 9.67 Å². The van der Waals surface area contributed by atoms with Crippen molar-refractivity contribution in [2.24, 2.45) is 0 Å². The minimum atomic E-state index is -1.31.